The molecular weight excluding hydrogens is 352 g/mol. The maximum Gasteiger partial charge on any atom is 0.252 e. The van der Waals surface area contributed by atoms with E-state index in [1.807, 2.05) is 66.1 Å². The Balaban J connectivity index is 1.42. The molecule has 1 N–H and O–H groups in total. The number of pyridine rings is 2. The molecule has 0 aliphatic carbocycles. The van der Waals surface area contributed by atoms with Crippen LogP contribution in [-0.2, 0) is 0 Å². The van der Waals surface area contributed by atoms with Crippen molar-refractivity contribution in [3.05, 3.63) is 84.9 Å². The molecule has 0 spiro atoms. The van der Waals surface area contributed by atoms with Crippen LogP contribution < -0.4 is 10.1 Å². The summed E-state index contributed by atoms with van der Waals surface area (Å²) in [4.78, 5) is 21.1. The molecule has 0 aliphatic heterocycles. The van der Waals surface area contributed by atoms with Gasteiger partial charge in [-0.2, -0.15) is 0 Å². The molecule has 0 saturated carbocycles. The van der Waals surface area contributed by atoms with Crippen molar-refractivity contribution in [3.63, 3.8) is 0 Å². The average Bonchev–Trinajstić information content (AvgIpc) is 3.17. The van der Waals surface area contributed by atoms with Crippen LogP contribution in [0.2, 0.25) is 0 Å². The van der Waals surface area contributed by atoms with E-state index in [4.69, 9.17) is 4.74 Å². The zero-order valence-electron chi connectivity index (χ0n) is 15.4. The Morgan fingerprint density at radius 2 is 1.96 bits per heavy atom. The smallest absolute Gasteiger partial charge is 0.252 e. The summed E-state index contributed by atoms with van der Waals surface area (Å²) < 4.78 is 7.60. The Morgan fingerprint density at radius 1 is 1.11 bits per heavy atom. The predicted octanol–water partition coefficient (Wildman–Crippen LogP) is 3.59. The molecule has 1 atom stereocenters. The second-order valence-corrected chi connectivity index (χ2v) is 6.50. The molecule has 4 rings (SSSR count). The first kappa shape index (κ1) is 17.7. The highest BCUT2D eigenvalue weighted by Gasteiger charge is 2.11. The lowest BCUT2D eigenvalue weighted by atomic mass is 10.2. The number of benzene rings is 1. The molecule has 1 aromatic carbocycles. The number of nitrogens with one attached hydrogen (secondary N) is 1. The second kappa shape index (κ2) is 7.92. The lowest BCUT2D eigenvalue weighted by molar-refractivity contribution is 0.0931. The van der Waals surface area contributed by atoms with Gasteiger partial charge < -0.3 is 14.5 Å². The molecule has 0 fully saturated rings. The molecular formula is C22H20N4O2. The summed E-state index contributed by atoms with van der Waals surface area (Å²) in [6.07, 6.45) is 6.88. The van der Waals surface area contributed by atoms with Crippen molar-refractivity contribution in [3.8, 4) is 17.0 Å². The van der Waals surface area contributed by atoms with Gasteiger partial charge in [-0.15, -0.1) is 0 Å². The number of aromatic nitrogens is 3. The summed E-state index contributed by atoms with van der Waals surface area (Å²) >= 11 is 0. The largest absolute Gasteiger partial charge is 0.487 e. The van der Waals surface area contributed by atoms with Crippen LogP contribution in [0.4, 0.5) is 0 Å². The van der Waals surface area contributed by atoms with Crippen molar-refractivity contribution in [2.24, 2.45) is 0 Å². The van der Waals surface area contributed by atoms with Crippen molar-refractivity contribution in [2.45, 2.75) is 13.0 Å². The summed E-state index contributed by atoms with van der Waals surface area (Å²) in [6, 6.07) is 17.2. The van der Waals surface area contributed by atoms with E-state index >= 15 is 0 Å². The zero-order valence-corrected chi connectivity index (χ0v) is 15.4. The van der Waals surface area contributed by atoms with Crippen molar-refractivity contribution >= 4 is 11.6 Å². The van der Waals surface area contributed by atoms with Crippen LogP contribution in [0.3, 0.4) is 0 Å². The maximum absolute atomic E-state index is 12.5. The monoisotopic (exact) mass is 372 g/mol. The lowest BCUT2D eigenvalue weighted by Crippen LogP contribution is -2.33. The third kappa shape index (κ3) is 4.01. The number of fused-ring (bicyclic) bond motifs is 1. The minimum Gasteiger partial charge on any atom is -0.487 e. The maximum atomic E-state index is 12.5. The van der Waals surface area contributed by atoms with Gasteiger partial charge in [-0.05, 0) is 31.2 Å². The molecule has 1 amide bonds. The first-order valence-electron chi connectivity index (χ1n) is 9.08. The van der Waals surface area contributed by atoms with Crippen LogP contribution in [0.15, 0.2) is 79.4 Å². The Labute approximate surface area is 162 Å². The van der Waals surface area contributed by atoms with Crippen molar-refractivity contribution in [2.75, 3.05) is 6.54 Å². The first-order chi connectivity index (χ1) is 13.7. The SMILES string of the molecule is C[C@@H](CNC(=O)c1ccc2nc(-c3ccccc3)cn2c1)Oc1cccnc1. The van der Waals surface area contributed by atoms with Gasteiger partial charge in [0.1, 0.15) is 17.5 Å². The van der Waals surface area contributed by atoms with Gasteiger partial charge in [0.25, 0.3) is 5.91 Å². The number of imidazole rings is 1. The van der Waals surface area contributed by atoms with E-state index < -0.39 is 0 Å². The van der Waals surface area contributed by atoms with E-state index in [1.54, 1.807) is 24.7 Å². The highest BCUT2D eigenvalue weighted by Crippen LogP contribution is 2.19. The van der Waals surface area contributed by atoms with E-state index in [1.165, 1.54) is 0 Å². The van der Waals surface area contributed by atoms with Crippen molar-refractivity contribution < 1.29 is 9.53 Å². The first-order valence-corrected chi connectivity index (χ1v) is 9.08. The summed E-state index contributed by atoms with van der Waals surface area (Å²) in [7, 11) is 0. The fourth-order valence-corrected chi connectivity index (χ4v) is 2.90. The van der Waals surface area contributed by atoms with Gasteiger partial charge in [-0.1, -0.05) is 30.3 Å². The van der Waals surface area contributed by atoms with E-state index in [0.717, 1.165) is 16.9 Å². The Hall–Kier alpha value is -3.67. The van der Waals surface area contributed by atoms with Gasteiger partial charge >= 0.3 is 0 Å². The molecule has 0 aliphatic rings. The number of amides is 1. The standard InChI is InChI=1S/C22H20N4O2/c1-16(28-19-8-5-11-23-13-19)12-24-22(27)18-9-10-21-25-20(15-26(21)14-18)17-6-3-2-4-7-17/h2-11,13-16H,12H2,1H3,(H,24,27)/t16-/m0/s1. The molecule has 140 valence electrons. The van der Waals surface area contributed by atoms with Crippen LogP contribution in [0.25, 0.3) is 16.9 Å². The van der Waals surface area contributed by atoms with Gasteiger partial charge in [0.2, 0.25) is 0 Å². The molecule has 3 aromatic heterocycles. The van der Waals surface area contributed by atoms with Crippen LogP contribution in [0.5, 0.6) is 5.75 Å². The molecule has 0 unspecified atom stereocenters. The van der Waals surface area contributed by atoms with Crippen LogP contribution >= 0.6 is 0 Å². The highest BCUT2D eigenvalue weighted by atomic mass is 16.5. The normalized spacial score (nSPS) is 11.9. The summed E-state index contributed by atoms with van der Waals surface area (Å²) in [6.45, 7) is 2.30. The number of hydrogen-bond acceptors (Lipinski definition) is 4. The average molecular weight is 372 g/mol. The van der Waals surface area contributed by atoms with Crippen molar-refractivity contribution in [1.29, 1.82) is 0 Å². The summed E-state index contributed by atoms with van der Waals surface area (Å²) in [5, 5.41) is 2.90. The number of hydrogen-bond donors (Lipinski definition) is 1. The molecule has 4 aromatic rings. The molecule has 3 heterocycles. The van der Waals surface area contributed by atoms with Crippen LogP contribution in [-0.4, -0.2) is 32.9 Å². The Bertz CT molecular complexity index is 1080. The minimum absolute atomic E-state index is 0.154. The third-order valence-corrected chi connectivity index (χ3v) is 4.30. The number of rotatable bonds is 6. The molecule has 6 nitrogen and oxygen atoms in total. The quantitative estimate of drug-likeness (QED) is 0.562. The summed E-state index contributed by atoms with van der Waals surface area (Å²) in [5.74, 6) is 0.524. The van der Waals surface area contributed by atoms with Gasteiger partial charge in [0.15, 0.2) is 0 Å². The molecule has 6 heteroatoms. The predicted molar refractivity (Wildman–Crippen MR) is 107 cm³/mol. The minimum atomic E-state index is -0.171. The van der Waals surface area contributed by atoms with E-state index in [-0.39, 0.29) is 12.0 Å². The number of nitrogens with zero attached hydrogens (tertiary/aromatic N) is 3. The Kier molecular flexibility index (Phi) is 5.01. The molecule has 28 heavy (non-hydrogen) atoms. The fourth-order valence-electron chi connectivity index (χ4n) is 2.90. The highest BCUT2D eigenvalue weighted by molar-refractivity contribution is 5.94. The number of carbonyl (C=O) groups excluding carboxylic acids is 1. The van der Waals surface area contributed by atoms with E-state index in [9.17, 15) is 4.79 Å². The van der Waals surface area contributed by atoms with Gasteiger partial charge in [-0.25, -0.2) is 4.98 Å². The van der Waals surface area contributed by atoms with E-state index in [0.29, 0.717) is 17.9 Å². The van der Waals surface area contributed by atoms with E-state index in [2.05, 4.69) is 15.3 Å². The topological polar surface area (TPSA) is 68.5 Å². The fraction of sp³-hybridized carbons (Fsp3) is 0.136. The van der Waals surface area contributed by atoms with Crippen LogP contribution in [0.1, 0.15) is 17.3 Å². The van der Waals surface area contributed by atoms with Gasteiger partial charge in [0, 0.05) is 24.2 Å². The zero-order chi connectivity index (χ0) is 19.3. The number of ether oxygens (including phenoxy) is 1. The number of carbonyl (C=O) groups is 1. The molecule has 0 saturated heterocycles. The van der Waals surface area contributed by atoms with Crippen molar-refractivity contribution in [1.82, 2.24) is 19.7 Å². The van der Waals surface area contributed by atoms with Crippen LogP contribution in [0, 0.1) is 0 Å². The van der Waals surface area contributed by atoms with Gasteiger partial charge in [0.05, 0.1) is 24.0 Å². The Morgan fingerprint density at radius 3 is 2.75 bits per heavy atom. The lowest BCUT2D eigenvalue weighted by Gasteiger charge is -2.15. The van der Waals surface area contributed by atoms with Gasteiger partial charge in [-0.3, -0.25) is 9.78 Å². The third-order valence-electron chi connectivity index (χ3n) is 4.30. The molecule has 0 radical (unpaired) electrons. The second-order valence-electron chi connectivity index (χ2n) is 6.50. The molecule has 0 bridgehead atoms. The summed E-state index contributed by atoms with van der Waals surface area (Å²) in [5.41, 5.74) is 3.27.